The van der Waals surface area contributed by atoms with Crippen molar-refractivity contribution in [2.24, 2.45) is 0 Å². The molecule has 0 aliphatic carbocycles. The van der Waals surface area contributed by atoms with Crippen LogP contribution in [0.15, 0.2) is 16.7 Å². The molecule has 72 valence electrons. The third-order valence-electron chi connectivity index (χ3n) is 1.28. The Balaban J connectivity index is 3.28. The van der Waals surface area contributed by atoms with Gasteiger partial charge >= 0.3 is 12.3 Å². The van der Waals surface area contributed by atoms with Crippen LogP contribution in [0.3, 0.4) is 0 Å². The van der Waals surface area contributed by atoms with E-state index in [2.05, 4.69) is 15.9 Å². The first-order valence-corrected chi connectivity index (χ1v) is 3.80. The Morgan fingerprint density at radius 1 is 1.54 bits per heavy atom. The van der Waals surface area contributed by atoms with Crippen molar-refractivity contribution in [2.75, 3.05) is 0 Å². The van der Waals surface area contributed by atoms with Gasteiger partial charge in [0.05, 0.1) is 0 Å². The molecule has 1 N–H and O–H groups in total. The molecular formula is C6H3BrF3NO2. The van der Waals surface area contributed by atoms with Crippen LogP contribution in [0.5, 0.6) is 0 Å². The third-order valence-corrected chi connectivity index (χ3v) is 1.71. The SMILES string of the molecule is O=C(O)c1cc(Br)cn1C(F)(F)F. The summed E-state index contributed by atoms with van der Waals surface area (Å²) in [6.45, 7) is 0. The maximum atomic E-state index is 12.1. The van der Waals surface area contributed by atoms with Crippen molar-refractivity contribution >= 4 is 21.9 Å². The van der Waals surface area contributed by atoms with Gasteiger partial charge in [0.1, 0.15) is 5.69 Å². The fourth-order valence-corrected chi connectivity index (χ4v) is 1.23. The van der Waals surface area contributed by atoms with Gasteiger partial charge in [-0.05, 0) is 22.0 Å². The first kappa shape index (κ1) is 10.1. The number of carboxylic acid groups (broad SMARTS) is 1. The summed E-state index contributed by atoms with van der Waals surface area (Å²) in [5.41, 5.74) is -0.820. The Kier molecular flexibility index (Phi) is 2.38. The summed E-state index contributed by atoms with van der Waals surface area (Å²) in [4.78, 5) is 10.3. The Labute approximate surface area is 78.9 Å². The lowest BCUT2D eigenvalue weighted by Crippen LogP contribution is -2.20. The lowest BCUT2D eigenvalue weighted by Gasteiger charge is -2.08. The van der Waals surface area contributed by atoms with Gasteiger partial charge in [0.25, 0.3) is 0 Å². The number of carboxylic acids is 1. The van der Waals surface area contributed by atoms with Crippen molar-refractivity contribution < 1.29 is 23.1 Å². The molecule has 1 heterocycles. The van der Waals surface area contributed by atoms with E-state index in [9.17, 15) is 18.0 Å². The van der Waals surface area contributed by atoms with E-state index in [0.29, 0.717) is 6.20 Å². The smallest absolute Gasteiger partial charge is 0.477 e. The number of nitrogens with zero attached hydrogens (tertiary/aromatic N) is 1. The van der Waals surface area contributed by atoms with Crippen LogP contribution >= 0.6 is 15.9 Å². The molecule has 0 saturated carbocycles. The second-order valence-electron chi connectivity index (χ2n) is 2.19. The van der Waals surface area contributed by atoms with Crippen LogP contribution in [0, 0.1) is 0 Å². The highest BCUT2D eigenvalue weighted by molar-refractivity contribution is 9.10. The van der Waals surface area contributed by atoms with Crippen molar-refractivity contribution in [2.45, 2.75) is 6.30 Å². The lowest BCUT2D eigenvalue weighted by molar-refractivity contribution is -0.204. The summed E-state index contributed by atoms with van der Waals surface area (Å²) in [6.07, 6.45) is -4.05. The van der Waals surface area contributed by atoms with E-state index in [1.54, 1.807) is 0 Å². The molecule has 0 amide bonds. The number of hydrogen-bond acceptors (Lipinski definition) is 1. The van der Waals surface area contributed by atoms with Gasteiger partial charge in [-0.3, -0.25) is 4.57 Å². The van der Waals surface area contributed by atoms with Crippen LogP contribution < -0.4 is 0 Å². The van der Waals surface area contributed by atoms with E-state index in [1.165, 1.54) is 0 Å². The third kappa shape index (κ3) is 2.03. The zero-order valence-corrected chi connectivity index (χ0v) is 7.56. The summed E-state index contributed by atoms with van der Waals surface area (Å²) >= 11 is 2.76. The fourth-order valence-electron chi connectivity index (χ4n) is 0.805. The second-order valence-corrected chi connectivity index (χ2v) is 3.10. The standard InChI is InChI=1S/C6H3BrF3NO2/c7-3-1-4(5(12)13)11(2-3)6(8,9)10/h1-2H,(H,12,13). The zero-order valence-electron chi connectivity index (χ0n) is 5.97. The lowest BCUT2D eigenvalue weighted by atomic mass is 10.4. The fraction of sp³-hybridized carbons (Fsp3) is 0.167. The van der Waals surface area contributed by atoms with Gasteiger partial charge in [0, 0.05) is 10.7 Å². The Morgan fingerprint density at radius 2 is 2.08 bits per heavy atom. The zero-order chi connectivity index (χ0) is 10.2. The van der Waals surface area contributed by atoms with E-state index in [1.807, 2.05) is 0 Å². The molecule has 1 aromatic heterocycles. The van der Waals surface area contributed by atoms with Crippen LogP contribution in [0.4, 0.5) is 13.2 Å². The molecule has 0 radical (unpaired) electrons. The summed E-state index contributed by atoms with van der Waals surface area (Å²) in [5, 5.41) is 8.40. The number of halogens is 4. The topological polar surface area (TPSA) is 42.2 Å². The molecule has 0 saturated heterocycles. The molecule has 1 aromatic rings. The number of aromatic carboxylic acids is 1. The molecule has 0 atom stereocenters. The van der Waals surface area contributed by atoms with E-state index in [-0.39, 0.29) is 9.04 Å². The summed E-state index contributed by atoms with van der Waals surface area (Å²) in [7, 11) is 0. The highest BCUT2D eigenvalue weighted by atomic mass is 79.9. The number of carbonyl (C=O) groups is 1. The molecule has 13 heavy (non-hydrogen) atoms. The number of aromatic nitrogens is 1. The van der Waals surface area contributed by atoms with Crippen molar-refractivity contribution in [1.29, 1.82) is 0 Å². The van der Waals surface area contributed by atoms with Gasteiger partial charge in [-0.15, -0.1) is 13.2 Å². The largest absolute Gasteiger partial charge is 0.489 e. The molecule has 0 aromatic carbocycles. The molecule has 1 rings (SSSR count). The van der Waals surface area contributed by atoms with Gasteiger partial charge in [-0.1, -0.05) is 0 Å². The highest BCUT2D eigenvalue weighted by Crippen LogP contribution is 2.27. The van der Waals surface area contributed by atoms with Gasteiger partial charge in [-0.25, -0.2) is 4.79 Å². The van der Waals surface area contributed by atoms with Crippen LogP contribution in [0.25, 0.3) is 0 Å². The predicted molar refractivity (Wildman–Crippen MR) is 40.4 cm³/mol. The predicted octanol–water partition coefficient (Wildman–Crippen LogP) is 2.43. The molecule has 0 bridgehead atoms. The van der Waals surface area contributed by atoms with Crippen LogP contribution in [-0.2, 0) is 6.30 Å². The first-order chi connectivity index (χ1) is 5.82. The van der Waals surface area contributed by atoms with E-state index in [0.717, 1.165) is 6.07 Å². The molecular weight excluding hydrogens is 255 g/mol. The quantitative estimate of drug-likeness (QED) is 0.840. The van der Waals surface area contributed by atoms with Crippen LogP contribution in [0.1, 0.15) is 10.5 Å². The minimum absolute atomic E-state index is 0.0715. The Morgan fingerprint density at radius 3 is 2.38 bits per heavy atom. The number of rotatable bonds is 1. The van der Waals surface area contributed by atoms with Gasteiger partial charge < -0.3 is 5.11 Å². The molecule has 0 unspecified atom stereocenters. The molecule has 0 fully saturated rings. The summed E-state index contributed by atoms with van der Waals surface area (Å²) in [6, 6.07) is 0.885. The normalized spacial score (nSPS) is 11.7. The number of hydrogen-bond donors (Lipinski definition) is 1. The summed E-state index contributed by atoms with van der Waals surface area (Å²) in [5.74, 6) is -1.62. The van der Waals surface area contributed by atoms with Crippen molar-refractivity contribution in [3.63, 3.8) is 0 Å². The Hall–Kier alpha value is -0.980. The molecule has 0 aliphatic rings. The second kappa shape index (κ2) is 3.06. The molecule has 3 nitrogen and oxygen atoms in total. The molecule has 0 aliphatic heterocycles. The Bertz CT molecular complexity index is 344. The average Bonchev–Trinajstić information content (AvgIpc) is 2.29. The van der Waals surface area contributed by atoms with E-state index >= 15 is 0 Å². The first-order valence-electron chi connectivity index (χ1n) is 3.01. The van der Waals surface area contributed by atoms with Crippen LogP contribution in [0.2, 0.25) is 0 Å². The van der Waals surface area contributed by atoms with Crippen molar-refractivity contribution in [3.05, 3.63) is 22.4 Å². The van der Waals surface area contributed by atoms with Gasteiger partial charge in [-0.2, -0.15) is 0 Å². The van der Waals surface area contributed by atoms with Crippen molar-refractivity contribution in [3.8, 4) is 0 Å². The monoisotopic (exact) mass is 257 g/mol. The minimum atomic E-state index is -4.71. The molecule has 0 spiro atoms. The maximum absolute atomic E-state index is 12.1. The maximum Gasteiger partial charge on any atom is 0.489 e. The number of alkyl halides is 3. The van der Waals surface area contributed by atoms with E-state index < -0.39 is 18.0 Å². The highest BCUT2D eigenvalue weighted by Gasteiger charge is 2.34. The van der Waals surface area contributed by atoms with Gasteiger partial charge in [0.15, 0.2) is 0 Å². The van der Waals surface area contributed by atoms with Gasteiger partial charge in [0.2, 0.25) is 0 Å². The summed E-state index contributed by atoms with van der Waals surface area (Å²) < 4.78 is 36.1. The average molecular weight is 258 g/mol. The van der Waals surface area contributed by atoms with E-state index in [4.69, 9.17) is 5.11 Å². The van der Waals surface area contributed by atoms with Crippen LogP contribution in [-0.4, -0.2) is 15.6 Å². The molecule has 7 heteroatoms. The van der Waals surface area contributed by atoms with Crippen molar-refractivity contribution in [1.82, 2.24) is 4.57 Å². The minimum Gasteiger partial charge on any atom is -0.477 e.